The molecule has 2 heteroatoms. The number of halogens is 1. The van der Waals surface area contributed by atoms with Crippen LogP contribution < -0.4 is 4.74 Å². The van der Waals surface area contributed by atoms with Gasteiger partial charge in [-0.3, -0.25) is 0 Å². The van der Waals surface area contributed by atoms with Gasteiger partial charge < -0.3 is 4.74 Å². The average Bonchev–Trinajstić information content (AvgIpc) is 2.40. The minimum absolute atomic E-state index is 0.736. The van der Waals surface area contributed by atoms with E-state index in [0.717, 1.165) is 21.9 Å². The predicted molar refractivity (Wildman–Crippen MR) is 77.9 cm³/mol. The summed E-state index contributed by atoms with van der Waals surface area (Å²) in [6.45, 7) is 2.06. The summed E-state index contributed by atoms with van der Waals surface area (Å²) >= 11 is 6.30. The normalized spacial score (nSPS) is 11.4. The van der Waals surface area contributed by atoms with Crippen LogP contribution in [0, 0.1) is 6.92 Å². The van der Waals surface area contributed by atoms with Crippen molar-refractivity contribution in [1.82, 2.24) is 0 Å². The largest absolute Gasteiger partial charge is 0.497 e. The molecule has 2 aromatic carbocycles. The summed E-state index contributed by atoms with van der Waals surface area (Å²) in [4.78, 5) is 0. The van der Waals surface area contributed by atoms with Crippen molar-refractivity contribution < 1.29 is 4.74 Å². The van der Waals surface area contributed by atoms with Crippen molar-refractivity contribution in [2.75, 3.05) is 7.11 Å². The van der Waals surface area contributed by atoms with Crippen molar-refractivity contribution in [1.29, 1.82) is 0 Å². The summed E-state index contributed by atoms with van der Waals surface area (Å²) in [7, 11) is 1.66. The molecule has 0 aliphatic heterocycles. The molecule has 92 valence electrons. The number of ether oxygens (including phenoxy) is 1. The molecule has 0 aliphatic carbocycles. The van der Waals surface area contributed by atoms with Crippen LogP contribution in [-0.2, 0) is 0 Å². The molecule has 0 aromatic heterocycles. The second-order valence-electron chi connectivity index (χ2n) is 4.13. The molecule has 0 bridgehead atoms. The highest BCUT2D eigenvalue weighted by atomic mass is 35.5. The van der Waals surface area contributed by atoms with Gasteiger partial charge in [0.25, 0.3) is 0 Å². The summed E-state index contributed by atoms with van der Waals surface area (Å²) in [5.41, 5.74) is 3.31. The molecule has 0 radical (unpaired) electrons. The lowest BCUT2D eigenvalue weighted by molar-refractivity contribution is 0.415. The van der Waals surface area contributed by atoms with E-state index in [-0.39, 0.29) is 0 Å². The van der Waals surface area contributed by atoms with Crippen molar-refractivity contribution in [3.05, 3.63) is 65.2 Å². The lowest BCUT2D eigenvalue weighted by Crippen LogP contribution is -1.82. The number of rotatable bonds is 3. The first kappa shape index (κ1) is 12.7. The fourth-order valence-corrected chi connectivity index (χ4v) is 1.89. The Morgan fingerprint density at radius 2 is 1.61 bits per heavy atom. The van der Waals surface area contributed by atoms with Crippen molar-refractivity contribution in [3.63, 3.8) is 0 Å². The molecule has 1 nitrogen and oxygen atoms in total. The molecule has 0 heterocycles. The lowest BCUT2D eigenvalue weighted by Gasteiger charge is -2.02. The number of aryl methyl sites for hydroxylation is 1. The number of benzene rings is 2. The maximum atomic E-state index is 6.30. The van der Waals surface area contributed by atoms with Crippen molar-refractivity contribution >= 4 is 22.7 Å². The molecular formula is C16H15ClO. The van der Waals surface area contributed by atoms with E-state index in [9.17, 15) is 0 Å². The van der Waals surface area contributed by atoms with Gasteiger partial charge in [0.15, 0.2) is 0 Å². The van der Waals surface area contributed by atoms with Crippen LogP contribution in [0.3, 0.4) is 0 Å². The maximum absolute atomic E-state index is 6.30. The standard InChI is InChI=1S/C16H15ClO/c1-12-3-7-14(8-4-12)16(17)11-13-5-9-15(18-2)10-6-13/h3-11H,1-2H3. The van der Waals surface area contributed by atoms with Crippen LogP contribution in [0.2, 0.25) is 0 Å². The number of hydrogen-bond donors (Lipinski definition) is 0. The molecule has 0 fully saturated rings. The summed E-state index contributed by atoms with van der Waals surface area (Å²) in [6.07, 6.45) is 1.95. The zero-order valence-corrected chi connectivity index (χ0v) is 11.2. The van der Waals surface area contributed by atoms with Crippen LogP contribution in [0.5, 0.6) is 5.75 Å². The number of methoxy groups -OCH3 is 1. The van der Waals surface area contributed by atoms with Crippen LogP contribution in [0.1, 0.15) is 16.7 Å². The second kappa shape index (κ2) is 5.74. The molecule has 0 aliphatic rings. The van der Waals surface area contributed by atoms with Crippen LogP contribution in [0.25, 0.3) is 11.1 Å². The summed E-state index contributed by atoms with van der Waals surface area (Å²) in [5.74, 6) is 0.846. The Morgan fingerprint density at radius 3 is 2.17 bits per heavy atom. The van der Waals surface area contributed by atoms with Gasteiger partial charge in [-0.05, 0) is 36.3 Å². The highest BCUT2D eigenvalue weighted by molar-refractivity contribution is 6.51. The fourth-order valence-electron chi connectivity index (χ4n) is 1.64. The molecule has 2 rings (SSSR count). The first-order chi connectivity index (χ1) is 8.69. The van der Waals surface area contributed by atoms with Gasteiger partial charge in [0.1, 0.15) is 5.75 Å². The first-order valence-corrected chi connectivity index (χ1v) is 6.15. The van der Waals surface area contributed by atoms with E-state index in [4.69, 9.17) is 16.3 Å². The Bertz CT molecular complexity index is 538. The quantitative estimate of drug-likeness (QED) is 0.723. The molecule has 0 unspecified atom stereocenters. The van der Waals surface area contributed by atoms with Gasteiger partial charge in [-0.1, -0.05) is 53.6 Å². The third-order valence-corrected chi connectivity index (χ3v) is 3.06. The summed E-state index contributed by atoms with van der Waals surface area (Å²) < 4.78 is 5.12. The van der Waals surface area contributed by atoms with E-state index >= 15 is 0 Å². The third kappa shape index (κ3) is 3.14. The Hall–Kier alpha value is -1.73. The molecule has 0 spiro atoms. The van der Waals surface area contributed by atoms with Crippen LogP contribution in [0.4, 0.5) is 0 Å². The zero-order chi connectivity index (χ0) is 13.0. The molecular weight excluding hydrogens is 244 g/mol. The van der Waals surface area contributed by atoms with Crippen LogP contribution >= 0.6 is 11.6 Å². The smallest absolute Gasteiger partial charge is 0.118 e. The van der Waals surface area contributed by atoms with E-state index < -0.39 is 0 Å². The van der Waals surface area contributed by atoms with Gasteiger partial charge in [0.05, 0.1) is 7.11 Å². The molecule has 18 heavy (non-hydrogen) atoms. The van der Waals surface area contributed by atoms with E-state index in [1.54, 1.807) is 7.11 Å². The van der Waals surface area contributed by atoms with Crippen molar-refractivity contribution in [3.8, 4) is 5.75 Å². The van der Waals surface area contributed by atoms with Gasteiger partial charge >= 0.3 is 0 Å². The zero-order valence-electron chi connectivity index (χ0n) is 10.5. The molecule has 0 N–H and O–H groups in total. The molecule has 0 saturated carbocycles. The highest BCUT2D eigenvalue weighted by Crippen LogP contribution is 2.23. The fraction of sp³-hybridized carbons (Fsp3) is 0.125. The van der Waals surface area contributed by atoms with Crippen LogP contribution in [-0.4, -0.2) is 7.11 Å². The first-order valence-electron chi connectivity index (χ1n) is 5.77. The Kier molecular flexibility index (Phi) is 4.06. The summed E-state index contributed by atoms with van der Waals surface area (Å²) in [5, 5.41) is 0.736. The van der Waals surface area contributed by atoms with Crippen molar-refractivity contribution in [2.24, 2.45) is 0 Å². The topological polar surface area (TPSA) is 9.23 Å². The van der Waals surface area contributed by atoms with Gasteiger partial charge in [0.2, 0.25) is 0 Å². The molecule has 0 atom stereocenters. The highest BCUT2D eigenvalue weighted by Gasteiger charge is 1.98. The second-order valence-corrected chi connectivity index (χ2v) is 4.54. The minimum atomic E-state index is 0.736. The van der Waals surface area contributed by atoms with Gasteiger partial charge in [0, 0.05) is 5.03 Å². The van der Waals surface area contributed by atoms with Crippen LogP contribution in [0.15, 0.2) is 48.5 Å². The lowest BCUT2D eigenvalue weighted by atomic mass is 10.1. The van der Waals surface area contributed by atoms with E-state index in [1.165, 1.54) is 5.56 Å². The summed E-state index contributed by atoms with van der Waals surface area (Å²) in [6, 6.07) is 16.0. The van der Waals surface area contributed by atoms with E-state index in [2.05, 4.69) is 19.1 Å². The minimum Gasteiger partial charge on any atom is -0.497 e. The van der Waals surface area contributed by atoms with Gasteiger partial charge in [-0.2, -0.15) is 0 Å². The molecule has 2 aromatic rings. The van der Waals surface area contributed by atoms with E-state index in [1.807, 2.05) is 42.5 Å². The van der Waals surface area contributed by atoms with Crippen molar-refractivity contribution in [2.45, 2.75) is 6.92 Å². The average molecular weight is 259 g/mol. The third-order valence-electron chi connectivity index (χ3n) is 2.74. The maximum Gasteiger partial charge on any atom is 0.118 e. The molecule has 0 saturated heterocycles. The Morgan fingerprint density at radius 1 is 1.00 bits per heavy atom. The van der Waals surface area contributed by atoms with E-state index in [0.29, 0.717) is 0 Å². The number of hydrogen-bond acceptors (Lipinski definition) is 1. The Labute approximate surface area is 113 Å². The SMILES string of the molecule is COc1ccc(C=C(Cl)c2ccc(C)cc2)cc1. The predicted octanol–water partition coefficient (Wildman–Crippen LogP) is 4.74. The molecule has 0 amide bonds. The Balaban J connectivity index is 2.23. The monoisotopic (exact) mass is 258 g/mol. The van der Waals surface area contributed by atoms with Gasteiger partial charge in [-0.15, -0.1) is 0 Å². The van der Waals surface area contributed by atoms with Gasteiger partial charge in [-0.25, -0.2) is 0 Å².